The molecule has 0 atom stereocenters. The summed E-state index contributed by atoms with van der Waals surface area (Å²) in [6.45, 7) is 3.58. The van der Waals surface area contributed by atoms with Gasteiger partial charge in [0.1, 0.15) is 12.1 Å². The van der Waals surface area contributed by atoms with E-state index < -0.39 is 30.0 Å². The highest BCUT2D eigenvalue weighted by Gasteiger charge is 2.32. The molecule has 1 N–H and O–H groups in total. The predicted molar refractivity (Wildman–Crippen MR) is 165 cm³/mol. The molecule has 1 saturated heterocycles. The van der Waals surface area contributed by atoms with Crippen molar-refractivity contribution in [1.29, 1.82) is 0 Å². The van der Waals surface area contributed by atoms with Gasteiger partial charge >= 0.3 is 12.6 Å². The topological polar surface area (TPSA) is 111 Å². The first-order valence-electron chi connectivity index (χ1n) is 14.0. The van der Waals surface area contributed by atoms with Crippen LogP contribution in [0.2, 0.25) is 0 Å². The Morgan fingerprint density at radius 3 is 2.61 bits per heavy atom. The zero-order valence-electron chi connectivity index (χ0n) is 24.8. The summed E-state index contributed by atoms with van der Waals surface area (Å²) in [6, 6.07) is 11.8. The van der Waals surface area contributed by atoms with Gasteiger partial charge in [-0.05, 0) is 54.8 Å². The Labute approximate surface area is 265 Å². The van der Waals surface area contributed by atoms with Gasteiger partial charge in [-0.15, -0.1) is 5.10 Å². The first-order valence-corrected chi connectivity index (χ1v) is 15.0. The number of alkyl halides is 2. The first-order chi connectivity index (χ1) is 22.0. The predicted octanol–water partition coefficient (Wildman–Crippen LogP) is 6.96. The number of carbonyl (C=O) groups is 2. The summed E-state index contributed by atoms with van der Waals surface area (Å²) in [7, 11) is 0. The van der Waals surface area contributed by atoms with E-state index in [-0.39, 0.29) is 46.2 Å². The second kappa shape index (κ2) is 14.1. The Balaban J connectivity index is 1.30. The smallest absolute Gasteiger partial charge is 0.387 e. The number of ether oxygens (including phenoxy) is 2. The van der Waals surface area contributed by atoms with Crippen LogP contribution in [-0.2, 0) is 16.1 Å². The molecule has 0 aliphatic carbocycles. The number of nitrogens with zero attached hydrogens (tertiary/aromatic N) is 5. The van der Waals surface area contributed by atoms with E-state index in [1.54, 1.807) is 0 Å². The molecular weight excluding hydrogens is 628 g/mol. The number of anilines is 2. The normalized spacial score (nSPS) is 14.2. The number of hydrogen-bond acceptors (Lipinski definition) is 7. The lowest BCUT2D eigenvalue weighted by molar-refractivity contribution is -0.115. The van der Waals surface area contributed by atoms with Crippen LogP contribution in [0.25, 0.3) is 17.1 Å². The van der Waals surface area contributed by atoms with E-state index in [1.165, 1.54) is 34.1 Å². The molecule has 4 aromatic rings. The lowest BCUT2D eigenvalue weighted by atomic mass is 10.1. The minimum atomic E-state index is -3.18. The molecule has 5 rings (SSSR count). The van der Waals surface area contributed by atoms with E-state index in [2.05, 4.69) is 25.1 Å². The average molecular weight is 657 g/mol. The number of nitrogens with one attached hydrogen (secondary N) is 1. The van der Waals surface area contributed by atoms with E-state index >= 15 is 4.39 Å². The zero-order valence-corrected chi connectivity index (χ0v) is 25.7. The van der Waals surface area contributed by atoms with Gasteiger partial charge in [0.15, 0.2) is 22.6 Å². The molecule has 0 spiro atoms. The molecule has 0 radical (unpaired) electrons. The van der Waals surface area contributed by atoms with Gasteiger partial charge in [-0.25, -0.2) is 23.2 Å². The van der Waals surface area contributed by atoms with Crippen molar-refractivity contribution >= 4 is 40.2 Å². The van der Waals surface area contributed by atoms with Crippen LogP contribution in [0, 0.1) is 24.5 Å². The number of aromatic nitrogens is 3. The number of thioether (sulfide) groups is 1. The number of halogens is 4. The molecular formula is C31H28F4N6O4S. The molecule has 1 fully saturated rings. The SMILES string of the molecule is Cc1ccc(COCC(C)C)c(N2C(=O)CS/C2=N\C(=O)Nc2ccc(-c3ncn(-c4ccc(OC(F)F)c(F)c4)n3)cc2F)c1. The molecule has 1 aliphatic rings. The highest BCUT2D eigenvalue weighted by Crippen LogP contribution is 2.32. The Hall–Kier alpha value is -4.76. The van der Waals surface area contributed by atoms with E-state index in [9.17, 15) is 22.8 Å². The van der Waals surface area contributed by atoms with Crippen molar-refractivity contribution < 1.29 is 36.6 Å². The second-order valence-electron chi connectivity index (χ2n) is 10.6. The molecule has 15 heteroatoms. The lowest BCUT2D eigenvalue weighted by Crippen LogP contribution is -2.31. The molecule has 3 aromatic carbocycles. The molecule has 1 aromatic heterocycles. The standard InChI is InChI=1S/C31H28F4N6O4S/c1-17(2)13-44-14-20-5-4-18(3)10-25(20)41-27(42)15-46-31(41)38-30(43)37-24-8-6-19(11-22(24)32)28-36-16-40(39-28)21-7-9-26(23(33)12-21)45-29(34)35/h4-12,16-17,29H,13-15H2,1-3H3,(H,37,43)/b38-31-. The Bertz CT molecular complexity index is 1800. The molecule has 46 heavy (non-hydrogen) atoms. The van der Waals surface area contributed by atoms with Crippen LogP contribution in [0.5, 0.6) is 5.75 Å². The number of amides is 3. The Morgan fingerprint density at radius 1 is 1.09 bits per heavy atom. The summed E-state index contributed by atoms with van der Waals surface area (Å²) in [6.07, 6.45) is 1.24. The molecule has 1 aliphatic heterocycles. The minimum absolute atomic E-state index is 0.0770. The van der Waals surface area contributed by atoms with Crippen molar-refractivity contribution in [2.24, 2.45) is 10.9 Å². The molecule has 10 nitrogen and oxygen atoms in total. The van der Waals surface area contributed by atoms with E-state index in [1.807, 2.05) is 39.0 Å². The highest BCUT2D eigenvalue weighted by molar-refractivity contribution is 8.15. The first kappa shape index (κ1) is 32.6. The van der Waals surface area contributed by atoms with E-state index in [0.717, 1.165) is 41.1 Å². The van der Waals surface area contributed by atoms with Gasteiger partial charge in [0.25, 0.3) is 0 Å². The maximum absolute atomic E-state index is 15.1. The number of carbonyl (C=O) groups excluding carboxylic acids is 2. The highest BCUT2D eigenvalue weighted by atomic mass is 32.2. The van der Waals surface area contributed by atoms with Crippen molar-refractivity contribution in [1.82, 2.24) is 14.8 Å². The van der Waals surface area contributed by atoms with Gasteiger partial charge in [-0.2, -0.15) is 13.8 Å². The van der Waals surface area contributed by atoms with Gasteiger partial charge in [0, 0.05) is 23.8 Å². The number of amidine groups is 1. The van der Waals surface area contributed by atoms with Gasteiger partial charge in [-0.3, -0.25) is 9.69 Å². The van der Waals surface area contributed by atoms with Crippen LogP contribution in [-0.4, -0.2) is 50.8 Å². The average Bonchev–Trinajstić information content (AvgIpc) is 3.63. The second-order valence-corrected chi connectivity index (χ2v) is 11.5. The molecule has 0 saturated carbocycles. The van der Waals surface area contributed by atoms with Crippen LogP contribution in [0.15, 0.2) is 65.9 Å². The number of rotatable bonds is 10. The van der Waals surface area contributed by atoms with Crippen LogP contribution < -0.4 is 15.0 Å². The zero-order chi connectivity index (χ0) is 33.0. The quantitative estimate of drug-likeness (QED) is 0.184. The molecule has 3 amide bonds. The maximum Gasteiger partial charge on any atom is 0.387 e. The third kappa shape index (κ3) is 7.72. The monoisotopic (exact) mass is 656 g/mol. The van der Waals surface area contributed by atoms with Gasteiger partial charge in [0.05, 0.1) is 29.4 Å². The van der Waals surface area contributed by atoms with Crippen molar-refractivity contribution in [3.8, 4) is 22.8 Å². The van der Waals surface area contributed by atoms with Crippen LogP contribution in [0.1, 0.15) is 25.0 Å². The van der Waals surface area contributed by atoms with Gasteiger partial charge < -0.3 is 14.8 Å². The molecule has 0 unspecified atom stereocenters. The van der Waals surface area contributed by atoms with Crippen molar-refractivity contribution in [2.45, 2.75) is 34.0 Å². The van der Waals surface area contributed by atoms with Crippen molar-refractivity contribution in [3.63, 3.8) is 0 Å². The number of benzene rings is 3. The maximum atomic E-state index is 15.1. The molecule has 240 valence electrons. The molecule has 0 bridgehead atoms. The molecule has 2 heterocycles. The third-order valence-electron chi connectivity index (χ3n) is 6.51. The fraction of sp³-hybridized carbons (Fsp3) is 0.258. The summed E-state index contributed by atoms with van der Waals surface area (Å²) >= 11 is 1.09. The summed E-state index contributed by atoms with van der Waals surface area (Å²) in [5.41, 5.74) is 2.47. The number of urea groups is 1. The van der Waals surface area contributed by atoms with Crippen molar-refractivity contribution in [2.75, 3.05) is 22.6 Å². The van der Waals surface area contributed by atoms with Gasteiger partial charge in [-0.1, -0.05) is 37.7 Å². The van der Waals surface area contributed by atoms with E-state index in [4.69, 9.17) is 4.74 Å². The van der Waals surface area contributed by atoms with Crippen molar-refractivity contribution in [3.05, 3.63) is 83.7 Å². The summed E-state index contributed by atoms with van der Waals surface area (Å²) in [5.74, 6) is -2.23. The van der Waals surface area contributed by atoms with Crippen LogP contribution in [0.3, 0.4) is 0 Å². The number of hydrogen-bond donors (Lipinski definition) is 1. The van der Waals surface area contributed by atoms with E-state index in [0.29, 0.717) is 18.2 Å². The van der Waals surface area contributed by atoms with Gasteiger partial charge in [0.2, 0.25) is 5.91 Å². The van der Waals surface area contributed by atoms with Crippen LogP contribution in [0.4, 0.5) is 33.7 Å². The number of aryl methyl sites for hydroxylation is 1. The summed E-state index contributed by atoms with van der Waals surface area (Å²) in [4.78, 5) is 35.3. The Morgan fingerprint density at radius 2 is 1.89 bits per heavy atom. The largest absolute Gasteiger partial charge is 0.432 e. The van der Waals surface area contributed by atoms with Crippen LogP contribution >= 0.6 is 11.8 Å². The number of aliphatic imine (C=N–C) groups is 1. The minimum Gasteiger partial charge on any atom is -0.432 e. The fourth-order valence-electron chi connectivity index (χ4n) is 4.42. The lowest BCUT2D eigenvalue weighted by Gasteiger charge is -2.21. The third-order valence-corrected chi connectivity index (χ3v) is 7.43. The summed E-state index contributed by atoms with van der Waals surface area (Å²) in [5, 5.41) is 6.74. The summed E-state index contributed by atoms with van der Waals surface area (Å²) < 4.78 is 65.1. The Kier molecular flexibility index (Phi) is 10.0. The fourth-order valence-corrected chi connectivity index (χ4v) is 5.28.